The number of esters is 1. The first-order chi connectivity index (χ1) is 12.3. The van der Waals surface area contributed by atoms with Gasteiger partial charge in [-0.25, -0.2) is 0 Å². The third-order valence-electron chi connectivity index (χ3n) is 2.88. The van der Waals surface area contributed by atoms with Crippen molar-refractivity contribution < 1.29 is 19.1 Å². The SMILES string of the molecule is CC(=O)Oc1cccc(C=C2SC(=O)NC2=O)c1.Clc1ccccc1Cl. The van der Waals surface area contributed by atoms with Crippen LogP contribution in [0.2, 0.25) is 10.0 Å². The molecule has 0 atom stereocenters. The van der Waals surface area contributed by atoms with E-state index >= 15 is 0 Å². The molecule has 2 aromatic rings. The molecule has 0 aliphatic carbocycles. The Bertz CT molecular complexity index is 862. The van der Waals surface area contributed by atoms with Crippen molar-refractivity contribution in [2.75, 3.05) is 0 Å². The highest BCUT2D eigenvalue weighted by molar-refractivity contribution is 8.18. The molecule has 1 aliphatic heterocycles. The highest BCUT2D eigenvalue weighted by Gasteiger charge is 2.24. The third kappa shape index (κ3) is 6.22. The Morgan fingerprint density at radius 1 is 1.08 bits per heavy atom. The summed E-state index contributed by atoms with van der Waals surface area (Å²) in [6.07, 6.45) is 1.57. The van der Waals surface area contributed by atoms with E-state index in [0.717, 1.165) is 11.8 Å². The Hall–Kier alpha value is -2.28. The van der Waals surface area contributed by atoms with Gasteiger partial charge < -0.3 is 4.74 Å². The van der Waals surface area contributed by atoms with Gasteiger partial charge >= 0.3 is 5.97 Å². The van der Waals surface area contributed by atoms with Crippen LogP contribution in [0.1, 0.15) is 12.5 Å². The van der Waals surface area contributed by atoms with Crippen LogP contribution in [-0.2, 0) is 9.59 Å². The molecular weight excluding hydrogens is 397 g/mol. The highest BCUT2D eigenvalue weighted by Crippen LogP contribution is 2.26. The Kier molecular flexibility index (Phi) is 7.26. The van der Waals surface area contributed by atoms with Gasteiger partial charge in [-0.3, -0.25) is 19.7 Å². The van der Waals surface area contributed by atoms with Crippen molar-refractivity contribution in [2.45, 2.75) is 6.92 Å². The van der Waals surface area contributed by atoms with E-state index in [-0.39, 0.29) is 5.24 Å². The lowest BCUT2D eigenvalue weighted by Crippen LogP contribution is -2.17. The van der Waals surface area contributed by atoms with Crippen LogP contribution in [0.15, 0.2) is 53.4 Å². The minimum atomic E-state index is -0.414. The molecule has 1 aliphatic rings. The van der Waals surface area contributed by atoms with E-state index < -0.39 is 11.9 Å². The Morgan fingerprint density at radius 3 is 2.23 bits per heavy atom. The van der Waals surface area contributed by atoms with Crippen molar-refractivity contribution >= 4 is 58.2 Å². The van der Waals surface area contributed by atoms with Crippen molar-refractivity contribution in [1.82, 2.24) is 5.32 Å². The Morgan fingerprint density at radius 2 is 1.73 bits per heavy atom. The number of halogens is 2. The maximum atomic E-state index is 11.3. The zero-order valence-electron chi connectivity index (χ0n) is 13.5. The fraction of sp³-hybridized carbons (Fsp3) is 0.0556. The first kappa shape index (κ1) is 20.0. The van der Waals surface area contributed by atoms with Crippen LogP contribution < -0.4 is 10.1 Å². The number of carbonyl (C=O) groups is 3. The van der Waals surface area contributed by atoms with Gasteiger partial charge in [-0.15, -0.1) is 0 Å². The molecule has 134 valence electrons. The number of hydrogen-bond acceptors (Lipinski definition) is 5. The van der Waals surface area contributed by atoms with Crippen LogP contribution in [0.25, 0.3) is 6.08 Å². The van der Waals surface area contributed by atoms with Gasteiger partial charge in [-0.1, -0.05) is 47.5 Å². The average Bonchev–Trinajstić information content (AvgIpc) is 2.88. The van der Waals surface area contributed by atoms with Gasteiger partial charge in [-0.2, -0.15) is 0 Å². The van der Waals surface area contributed by atoms with Crippen molar-refractivity contribution in [3.63, 3.8) is 0 Å². The van der Waals surface area contributed by atoms with Crippen molar-refractivity contribution in [3.05, 3.63) is 69.0 Å². The molecule has 5 nitrogen and oxygen atoms in total. The summed E-state index contributed by atoms with van der Waals surface area (Å²) in [5.74, 6) is -0.433. The molecule has 2 aromatic carbocycles. The number of hydrogen-bond donors (Lipinski definition) is 1. The lowest BCUT2D eigenvalue weighted by atomic mass is 10.2. The van der Waals surface area contributed by atoms with Crippen LogP contribution in [-0.4, -0.2) is 17.1 Å². The molecule has 0 spiro atoms. The molecule has 2 amide bonds. The Labute approximate surface area is 164 Å². The van der Waals surface area contributed by atoms with E-state index in [1.165, 1.54) is 6.92 Å². The number of carbonyl (C=O) groups excluding carboxylic acids is 3. The van der Waals surface area contributed by atoms with Gasteiger partial charge in [0.25, 0.3) is 11.1 Å². The minimum Gasteiger partial charge on any atom is -0.427 e. The summed E-state index contributed by atoms with van der Waals surface area (Å²) in [6, 6.07) is 13.9. The van der Waals surface area contributed by atoms with E-state index in [1.54, 1.807) is 42.5 Å². The van der Waals surface area contributed by atoms with E-state index in [1.807, 2.05) is 12.1 Å². The van der Waals surface area contributed by atoms with Crippen LogP contribution in [0.4, 0.5) is 4.79 Å². The second-order valence-electron chi connectivity index (χ2n) is 4.93. The van der Waals surface area contributed by atoms with Crippen molar-refractivity contribution in [2.24, 2.45) is 0 Å². The lowest BCUT2D eigenvalue weighted by Gasteiger charge is -2.02. The number of rotatable bonds is 2. The maximum absolute atomic E-state index is 11.3. The zero-order chi connectivity index (χ0) is 19.1. The number of benzene rings is 2. The topological polar surface area (TPSA) is 72.5 Å². The molecule has 0 aromatic heterocycles. The number of nitrogens with one attached hydrogen (secondary N) is 1. The summed E-state index contributed by atoms with van der Waals surface area (Å²) in [5, 5.41) is 2.99. The molecule has 0 saturated carbocycles. The van der Waals surface area contributed by atoms with Gasteiger partial charge in [0.1, 0.15) is 5.75 Å². The van der Waals surface area contributed by atoms with Gasteiger partial charge in [-0.05, 0) is 47.7 Å². The summed E-state index contributed by atoms with van der Waals surface area (Å²) in [7, 11) is 0. The summed E-state index contributed by atoms with van der Waals surface area (Å²) >= 11 is 12.0. The first-order valence-electron chi connectivity index (χ1n) is 7.28. The van der Waals surface area contributed by atoms with Crippen LogP contribution in [0, 0.1) is 0 Å². The molecule has 1 saturated heterocycles. The molecular formula is C18H13Cl2NO4S. The molecule has 8 heteroatoms. The predicted molar refractivity (Wildman–Crippen MR) is 103 cm³/mol. The normalized spacial score (nSPS) is 14.5. The minimum absolute atomic E-state index is 0.319. The molecule has 0 bridgehead atoms. The summed E-state index contributed by atoms with van der Waals surface area (Å²) in [6.45, 7) is 1.31. The van der Waals surface area contributed by atoms with Gasteiger partial charge in [0.05, 0.1) is 15.0 Å². The second kappa shape index (κ2) is 9.43. The molecule has 3 rings (SSSR count). The van der Waals surface area contributed by atoms with Crippen molar-refractivity contribution in [3.8, 4) is 5.75 Å². The van der Waals surface area contributed by atoms with Crippen LogP contribution in [0.3, 0.4) is 0 Å². The van der Waals surface area contributed by atoms with Gasteiger partial charge in [0, 0.05) is 6.92 Å². The highest BCUT2D eigenvalue weighted by atomic mass is 35.5. The van der Waals surface area contributed by atoms with Crippen LogP contribution in [0.5, 0.6) is 5.75 Å². The largest absolute Gasteiger partial charge is 0.427 e. The number of thioether (sulfide) groups is 1. The lowest BCUT2D eigenvalue weighted by molar-refractivity contribution is -0.131. The number of amides is 2. The first-order valence-corrected chi connectivity index (χ1v) is 8.86. The maximum Gasteiger partial charge on any atom is 0.308 e. The Balaban J connectivity index is 0.000000254. The molecule has 26 heavy (non-hydrogen) atoms. The second-order valence-corrected chi connectivity index (χ2v) is 6.76. The molecule has 1 N–H and O–H groups in total. The van der Waals surface area contributed by atoms with Gasteiger partial charge in [0.2, 0.25) is 0 Å². The number of ether oxygens (including phenoxy) is 1. The third-order valence-corrected chi connectivity index (χ3v) is 4.45. The van der Waals surface area contributed by atoms with E-state index in [4.69, 9.17) is 27.9 Å². The smallest absolute Gasteiger partial charge is 0.308 e. The van der Waals surface area contributed by atoms with E-state index in [0.29, 0.717) is 26.3 Å². The zero-order valence-corrected chi connectivity index (χ0v) is 15.8. The average molecular weight is 410 g/mol. The quantitative estimate of drug-likeness (QED) is 0.432. The monoisotopic (exact) mass is 409 g/mol. The summed E-state index contributed by atoms with van der Waals surface area (Å²) in [4.78, 5) is 33.5. The number of imide groups is 1. The predicted octanol–water partition coefficient (Wildman–Crippen LogP) is 4.93. The summed E-state index contributed by atoms with van der Waals surface area (Å²) in [5.41, 5.74) is 0.682. The van der Waals surface area contributed by atoms with Crippen LogP contribution >= 0.6 is 35.0 Å². The molecule has 0 radical (unpaired) electrons. The van der Waals surface area contributed by atoms with E-state index in [2.05, 4.69) is 5.32 Å². The van der Waals surface area contributed by atoms with E-state index in [9.17, 15) is 14.4 Å². The standard InChI is InChI=1S/C12H9NO4S.C6H4Cl2/c1-7(14)17-9-4-2-3-8(5-9)6-10-11(15)13-12(16)18-10;7-5-3-1-2-4-6(5)8/h2-6H,1H3,(H,13,15,16);1-4H. The van der Waals surface area contributed by atoms with Crippen molar-refractivity contribution in [1.29, 1.82) is 0 Å². The molecule has 1 fully saturated rings. The molecule has 1 heterocycles. The van der Waals surface area contributed by atoms with Gasteiger partial charge in [0.15, 0.2) is 0 Å². The fourth-order valence-electron chi connectivity index (χ4n) is 1.85. The summed E-state index contributed by atoms with van der Waals surface area (Å²) < 4.78 is 4.92. The molecule has 0 unspecified atom stereocenters. The fourth-order valence-corrected chi connectivity index (χ4v) is 2.80.